The van der Waals surface area contributed by atoms with Gasteiger partial charge in [-0.15, -0.1) is 0 Å². The van der Waals surface area contributed by atoms with E-state index >= 15 is 0 Å². The highest BCUT2D eigenvalue weighted by molar-refractivity contribution is 6.35. The van der Waals surface area contributed by atoms with E-state index in [-0.39, 0.29) is 5.49 Å². The van der Waals surface area contributed by atoms with E-state index < -0.39 is 0 Å². The molecule has 4 rings (SSSR count). The summed E-state index contributed by atoms with van der Waals surface area (Å²) in [5.74, 6) is 1.41. The van der Waals surface area contributed by atoms with Gasteiger partial charge in [0, 0.05) is 21.5 Å². The predicted octanol–water partition coefficient (Wildman–Crippen LogP) is 4.64. The summed E-state index contributed by atoms with van der Waals surface area (Å²) in [6.07, 6.45) is 7.71. The quantitative estimate of drug-likeness (QED) is 0.699. The Morgan fingerprint density at radius 3 is 2.60 bits per heavy atom. The highest BCUT2D eigenvalue weighted by atomic mass is 35.5. The second-order valence-electron chi connectivity index (χ2n) is 6.58. The zero-order valence-electron chi connectivity index (χ0n) is 13.7. The fourth-order valence-electron chi connectivity index (χ4n) is 3.54. The van der Waals surface area contributed by atoms with E-state index in [9.17, 15) is 0 Å². The largest absolute Gasteiger partial charge is 0.337 e. The normalized spacial score (nSPS) is 15.8. The molecule has 0 atom stereocenters. The third kappa shape index (κ3) is 3.18. The molecular formula is C18H19Cl2N5. The van der Waals surface area contributed by atoms with Crippen molar-refractivity contribution in [3.8, 4) is 0 Å². The SMILES string of the molecule is N=c1ncn(Cc2c(Cl)cccc2Cl)c2nc(C3CCCCC3)[nH]c12. The van der Waals surface area contributed by atoms with Crippen LogP contribution in [0.1, 0.15) is 49.4 Å². The summed E-state index contributed by atoms with van der Waals surface area (Å²) in [6, 6.07) is 5.48. The first-order valence-electron chi connectivity index (χ1n) is 8.56. The number of nitrogens with zero attached hydrogens (tertiary/aromatic N) is 3. The highest BCUT2D eigenvalue weighted by Gasteiger charge is 2.20. The van der Waals surface area contributed by atoms with Crippen molar-refractivity contribution in [2.45, 2.75) is 44.6 Å². The summed E-state index contributed by atoms with van der Waals surface area (Å²) < 4.78 is 1.91. The first-order valence-corrected chi connectivity index (χ1v) is 9.31. The number of aromatic nitrogens is 4. The lowest BCUT2D eigenvalue weighted by molar-refractivity contribution is 0.431. The molecule has 0 radical (unpaired) electrons. The number of nitrogens with one attached hydrogen (secondary N) is 2. The molecule has 130 valence electrons. The molecule has 0 aliphatic heterocycles. The minimum absolute atomic E-state index is 0.214. The minimum atomic E-state index is 0.214. The van der Waals surface area contributed by atoms with Gasteiger partial charge in [0.1, 0.15) is 11.3 Å². The number of rotatable bonds is 3. The molecule has 5 nitrogen and oxygen atoms in total. The van der Waals surface area contributed by atoms with Gasteiger partial charge in [-0.25, -0.2) is 9.97 Å². The number of H-pyrrole nitrogens is 1. The predicted molar refractivity (Wildman–Crippen MR) is 99.1 cm³/mol. The Hall–Kier alpha value is -1.85. The molecule has 7 heteroatoms. The van der Waals surface area contributed by atoms with Crippen molar-refractivity contribution in [2.24, 2.45) is 0 Å². The van der Waals surface area contributed by atoms with Gasteiger partial charge in [0.05, 0.1) is 12.9 Å². The third-order valence-corrected chi connectivity index (χ3v) is 5.63. The zero-order chi connectivity index (χ0) is 17.4. The lowest BCUT2D eigenvalue weighted by atomic mass is 9.89. The maximum absolute atomic E-state index is 8.10. The summed E-state index contributed by atoms with van der Waals surface area (Å²) in [7, 11) is 0. The van der Waals surface area contributed by atoms with Gasteiger partial charge in [0.15, 0.2) is 11.1 Å². The van der Waals surface area contributed by atoms with Gasteiger partial charge in [0.25, 0.3) is 0 Å². The fourth-order valence-corrected chi connectivity index (χ4v) is 4.06. The van der Waals surface area contributed by atoms with Crippen molar-refractivity contribution in [2.75, 3.05) is 0 Å². The van der Waals surface area contributed by atoms with Gasteiger partial charge in [-0.1, -0.05) is 48.5 Å². The van der Waals surface area contributed by atoms with E-state index in [0.29, 0.717) is 28.0 Å². The molecule has 1 aromatic carbocycles. The minimum Gasteiger partial charge on any atom is -0.337 e. The first kappa shape index (κ1) is 16.6. The van der Waals surface area contributed by atoms with Crippen LogP contribution in [0.15, 0.2) is 24.5 Å². The van der Waals surface area contributed by atoms with Crippen LogP contribution in [0.3, 0.4) is 0 Å². The monoisotopic (exact) mass is 375 g/mol. The van der Waals surface area contributed by atoms with Crippen molar-refractivity contribution in [1.82, 2.24) is 19.5 Å². The van der Waals surface area contributed by atoms with Gasteiger partial charge >= 0.3 is 0 Å². The number of aromatic amines is 1. The van der Waals surface area contributed by atoms with Crippen LogP contribution >= 0.6 is 23.2 Å². The van der Waals surface area contributed by atoms with E-state index in [1.54, 1.807) is 6.33 Å². The maximum atomic E-state index is 8.10. The van der Waals surface area contributed by atoms with Crippen molar-refractivity contribution in [3.05, 3.63) is 51.4 Å². The Bertz CT molecular complexity index is 949. The zero-order valence-corrected chi connectivity index (χ0v) is 15.2. The number of hydrogen-bond acceptors (Lipinski definition) is 3. The highest BCUT2D eigenvalue weighted by Crippen LogP contribution is 2.32. The Morgan fingerprint density at radius 2 is 1.88 bits per heavy atom. The van der Waals surface area contributed by atoms with Gasteiger partial charge in [-0.2, -0.15) is 0 Å². The first-order chi connectivity index (χ1) is 12.1. The van der Waals surface area contributed by atoms with Crippen molar-refractivity contribution in [1.29, 1.82) is 5.41 Å². The van der Waals surface area contributed by atoms with Crippen molar-refractivity contribution >= 4 is 34.4 Å². The van der Waals surface area contributed by atoms with Crippen LogP contribution < -0.4 is 5.49 Å². The molecule has 1 aliphatic rings. The topological polar surface area (TPSA) is 70.3 Å². The van der Waals surface area contributed by atoms with E-state index in [0.717, 1.165) is 29.9 Å². The molecule has 0 saturated heterocycles. The lowest BCUT2D eigenvalue weighted by Crippen LogP contribution is -2.13. The number of halogens is 2. The number of imidazole rings is 1. The molecule has 0 spiro atoms. The molecule has 2 aromatic heterocycles. The van der Waals surface area contributed by atoms with Crippen LogP contribution in [0.4, 0.5) is 0 Å². The molecule has 2 N–H and O–H groups in total. The van der Waals surface area contributed by atoms with E-state index in [4.69, 9.17) is 33.6 Å². The number of hydrogen-bond donors (Lipinski definition) is 2. The van der Waals surface area contributed by atoms with E-state index in [1.165, 1.54) is 19.3 Å². The Kier molecular flexibility index (Phi) is 4.52. The van der Waals surface area contributed by atoms with Crippen LogP contribution in [0.25, 0.3) is 11.2 Å². The molecule has 25 heavy (non-hydrogen) atoms. The van der Waals surface area contributed by atoms with Crippen LogP contribution in [-0.2, 0) is 6.54 Å². The molecule has 1 saturated carbocycles. The van der Waals surface area contributed by atoms with E-state index in [1.807, 2.05) is 22.8 Å². The third-order valence-electron chi connectivity index (χ3n) is 4.92. The summed E-state index contributed by atoms with van der Waals surface area (Å²) in [6.45, 7) is 0.469. The summed E-state index contributed by atoms with van der Waals surface area (Å²) in [5.41, 5.74) is 2.45. The van der Waals surface area contributed by atoms with Gasteiger partial charge in [0.2, 0.25) is 0 Å². The number of fused-ring (bicyclic) bond motifs is 1. The smallest absolute Gasteiger partial charge is 0.173 e. The molecule has 0 bridgehead atoms. The van der Waals surface area contributed by atoms with E-state index in [2.05, 4.69) is 9.97 Å². The second kappa shape index (κ2) is 6.81. The molecule has 2 heterocycles. The molecule has 0 amide bonds. The average Bonchev–Trinajstić information content (AvgIpc) is 3.07. The molecule has 0 unspecified atom stereocenters. The molecule has 3 aromatic rings. The Labute approximate surface area is 155 Å². The van der Waals surface area contributed by atoms with Crippen molar-refractivity contribution < 1.29 is 0 Å². The van der Waals surface area contributed by atoms with Gasteiger partial charge in [-0.3, -0.25) is 5.41 Å². The Balaban J connectivity index is 1.78. The van der Waals surface area contributed by atoms with Crippen LogP contribution in [0, 0.1) is 5.41 Å². The standard InChI is InChI=1S/C18H19Cl2N5/c19-13-7-4-8-14(20)12(13)9-25-10-22-16(21)15-18(25)24-17(23-15)11-5-2-1-3-6-11/h4,7-8,10-11,21H,1-3,5-6,9H2,(H,23,24). The average molecular weight is 376 g/mol. The molecular weight excluding hydrogens is 357 g/mol. The summed E-state index contributed by atoms with van der Waals surface area (Å²) in [4.78, 5) is 12.3. The van der Waals surface area contributed by atoms with Crippen LogP contribution in [-0.4, -0.2) is 19.5 Å². The second-order valence-corrected chi connectivity index (χ2v) is 7.39. The Morgan fingerprint density at radius 1 is 1.16 bits per heavy atom. The molecule has 1 fully saturated rings. The van der Waals surface area contributed by atoms with Crippen LogP contribution in [0.5, 0.6) is 0 Å². The summed E-state index contributed by atoms with van der Waals surface area (Å²) in [5, 5.41) is 9.34. The maximum Gasteiger partial charge on any atom is 0.173 e. The van der Waals surface area contributed by atoms with Gasteiger partial charge < -0.3 is 9.55 Å². The molecule has 1 aliphatic carbocycles. The van der Waals surface area contributed by atoms with Crippen LogP contribution in [0.2, 0.25) is 10.0 Å². The number of benzene rings is 1. The van der Waals surface area contributed by atoms with Gasteiger partial charge in [-0.05, 0) is 25.0 Å². The fraction of sp³-hybridized carbons (Fsp3) is 0.389. The lowest BCUT2D eigenvalue weighted by Gasteiger charge is -2.18. The summed E-state index contributed by atoms with van der Waals surface area (Å²) >= 11 is 12.6. The van der Waals surface area contributed by atoms with Crippen molar-refractivity contribution in [3.63, 3.8) is 0 Å².